The highest BCUT2D eigenvalue weighted by molar-refractivity contribution is 6.29. The van der Waals surface area contributed by atoms with Gasteiger partial charge in [0.1, 0.15) is 23.4 Å². The number of carbonyl (C=O) groups excluding carboxylic acids is 1. The number of piperidine rings is 1. The van der Waals surface area contributed by atoms with E-state index >= 15 is 0 Å². The van der Waals surface area contributed by atoms with Gasteiger partial charge in [-0.2, -0.15) is 0 Å². The SMILES string of the molecule is O=C(CCl)Nc1ccc(OC2CCN(C3CCC3)CC2)cc1[N+](=O)[O-]. The first-order valence-electron chi connectivity index (χ1n) is 8.62. The molecule has 1 heterocycles. The number of carbonyl (C=O) groups is 1. The van der Waals surface area contributed by atoms with Crippen LogP contribution in [0.25, 0.3) is 0 Å². The van der Waals surface area contributed by atoms with Gasteiger partial charge in [0.05, 0.1) is 11.0 Å². The molecule has 1 amide bonds. The quantitative estimate of drug-likeness (QED) is 0.474. The number of anilines is 1. The molecular weight excluding hydrogens is 346 g/mol. The lowest BCUT2D eigenvalue weighted by atomic mass is 9.90. The third kappa shape index (κ3) is 4.41. The number of hydrogen-bond acceptors (Lipinski definition) is 5. The molecule has 0 radical (unpaired) electrons. The van der Waals surface area contributed by atoms with Gasteiger partial charge in [-0.15, -0.1) is 11.6 Å². The van der Waals surface area contributed by atoms with E-state index in [0.717, 1.165) is 32.0 Å². The van der Waals surface area contributed by atoms with E-state index in [4.69, 9.17) is 16.3 Å². The molecule has 0 bridgehead atoms. The van der Waals surface area contributed by atoms with E-state index < -0.39 is 10.8 Å². The zero-order valence-electron chi connectivity index (χ0n) is 13.9. The summed E-state index contributed by atoms with van der Waals surface area (Å²) in [5, 5.41) is 13.7. The average Bonchev–Trinajstić information content (AvgIpc) is 2.56. The Balaban J connectivity index is 1.61. The standard InChI is InChI=1S/C17H22ClN3O4/c18-11-17(22)19-15-5-4-14(10-16(15)21(23)24)25-13-6-8-20(9-7-13)12-2-1-3-12/h4-5,10,12-13H,1-3,6-9,11H2,(H,19,22). The predicted molar refractivity (Wildman–Crippen MR) is 95.3 cm³/mol. The molecule has 1 aliphatic heterocycles. The normalized spacial score (nSPS) is 19.2. The maximum atomic E-state index is 11.4. The first kappa shape index (κ1) is 17.9. The summed E-state index contributed by atoms with van der Waals surface area (Å²) in [6.45, 7) is 2.03. The number of likely N-dealkylation sites (tertiary alicyclic amines) is 1. The molecule has 2 aliphatic rings. The summed E-state index contributed by atoms with van der Waals surface area (Å²) < 4.78 is 5.94. The van der Waals surface area contributed by atoms with Crippen LogP contribution in [0.5, 0.6) is 5.75 Å². The van der Waals surface area contributed by atoms with E-state index in [9.17, 15) is 14.9 Å². The van der Waals surface area contributed by atoms with Crippen LogP contribution in [0.3, 0.4) is 0 Å². The minimum Gasteiger partial charge on any atom is -0.490 e. The van der Waals surface area contributed by atoms with E-state index in [1.165, 1.54) is 31.4 Å². The molecule has 8 heteroatoms. The highest BCUT2D eigenvalue weighted by Gasteiger charge is 2.29. The van der Waals surface area contributed by atoms with E-state index in [2.05, 4.69) is 10.2 Å². The predicted octanol–water partition coefficient (Wildman–Crippen LogP) is 3.17. The summed E-state index contributed by atoms with van der Waals surface area (Å²) in [7, 11) is 0. The van der Waals surface area contributed by atoms with Crippen molar-refractivity contribution in [2.45, 2.75) is 44.2 Å². The first-order valence-corrected chi connectivity index (χ1v) is 9.15. The molecule has 0 atom stereocenters. The molecular formula is C17H22ClN3O4. The molecule has 0 unspecified atom stereocenters. The molecule has 7 nitrogen and oxygen atoms in total. The van der Waals surface area contributed by atoms with Crippen LogP contribution in [-0.4, -0.2) is 46.8 Å². The van der Waals surface area contributed by atoms with Gasteiger partial charge in [-0.1, -0.05) is 6.42 Å². The van der Waals surface area contributed by atoms with Gasteiger partial charge in [-0.3, -0.25) is 14.9 Å². The molecule has 1 saturated heterocycles. The van der Waals surface area contributed by atoms with Crippen molar-refractivity contribution in [3.05, 3.63) is 28.3 Å². The highest BCUT2D eigenvalue weighted by Crippen LogP contribution is 2.32. The van der Waals surface area contributed by atoms with Crippen molar-refractivity contribution in [1.29, 1.82) is 0 Å². The Morgan fingerprint density at radius 1 is 1.32 bits per heavy atom. The van der Waals surface area contributed by atoms with Gasteiger partial charge >= 0.3 is 0 Å². The van der Waals surface area contributed by atoms with Crippen molar-refractivity contribution in [2.75, 3.05) is 24.3 Å². The molecule has 1 N–H and O–H groups in total. The zero-order valence-corrected chi connectivity index (χ0v) is 14.7. The summed E-state index contributed by atoms with van der Waals surface area (Å²) in [6.07, 6.45) is 5.85. The van der Waals surface area contributed by atoms with Crippen molar-refractivity contribution in [1.82, 2.24) is 4.90 Å². The van der Waals surface area contributed by atoms with Crippen LogP contribution in [0.4, 0.5) is 11.4 Å². The Labute approximate surface area is 151 Å². The third-order valence-electron chi connectivity index (χ3n) is 4.93. The molecule has 1 aromatic carbocycles. The number of alkyl halides is 1. The average molecular weight is 368 g/mol. The lowest BCUT2D eigenvalue weighted by Crippen LogP contribution is -2.46. The van der Waals surface area contributed by atoms with Crippen molar-refractivity contribution in [3.63, 3.8) is 0 Å². The summed E-state index contributed by atoms with van der Waals surface area (Å²) >= 11 is 5.43. The Morgan fingerprint density at radius 2 is 2.04 bits per heavy atom. The van der Waals surface area contributed by atoms with Gasteiger partial charge in [0.2, 0.25) is 5.91 Å². The Kier molecular flexibility index (Phi) is 5.75. The maximum Gasteiger partial charge on any atom is 0.296 e. The topological polar surface area (TPSA) is 84.7 Å². The number of nitrogens with one attached hydrogen (secondary N) is 1. The summed E-state index contributed by atoms with van der Waals surface area (Å²) in [5.74, 6) is -0.283. The molecule has 1 saturated carbocycles. The number of amides is 1. The maximum absolute atomic E-state index is 11.4. The smallest absolute Gasteiger partial charge is 0.296 e. The van der Waals surface area contributed by atoms with Gasteiger partial charge in [0, 0.05) is 19.1 Å². The van der Waals surface area contributed by atoms with Crippen LogP contribution in [0.15, 0.2) is 18.2 Å². The van der Waals surface area contributed by atoms with Crippen molar-refractivity contribution < 1.29 is 14.5 Å². The van der Waals surface area contributed by atoms with E-state index in [-0.39, 0.29) is 23.4 Å². The molecule has 1 aromatic rings. The second-order valence-electron chi connectivity index (χ2n) is 6.56. The van der Waals surface area contributed by atoms with Crippen LogP contribution in [-0.2, 0) is 4.79 Å². The minimum absolute atomic E-state index is 0.0687. The molecule has 136 valence electrons. The number of benzene rings is 1. The number of nitro benzene ring substituents is 1. The molecule has 0 aromatic heterocycles. The van der Waals surface area contributed by atoms with Crippen LogP contribution in [0.2, 0.25) is 0 Å². The van der Waals surface area contributed by atoms with E-state index in [1.54, 1.807) is 6.07 Å². The number of rotatable bonds is 6. The zero-order chi connectivity index (χ0) is 17.8. The number of nitrogens with zero attached hydrogens (tertiary/aromatic N) is 2. The molecule has 2 fully saturated rings. The Bertz CT molecular complexity index is 643. The fourth-order valence-corrected chi connectivity index (χ4v) is 3.40. The van der Waals surface area contributed by atoms with Crippen molar-refractivity contribution in [3.8, 4) is 5.75 Å². The molecule has 0 spiro atoms. The van der Waals surface area contributed by atoms with Gasteiger partial charge in [-0.05, 0) is 37.8 Å². The summed E-state index contributed by atoms with van der Waals surface area (Å²) in [5.41, 5.74) is -0.0642. The number of nitro groups is 1. The lowest BCUT2D eigenvalue weighted by molar-refractivity contribution is -0.384. The van der Waals surface area contributed by atoms with E-state index in [0.29, 0.717) is 5.75 Å². The Hall–Kier alpha value is -1.86. The lowest BCUT2D eigenvalue weighted by Gasteiger charge is -2.41. The van der Waals surface area contributed by atoms with Crippen LogP contribution < -0.4 is 10.1 Å². The van der Waals surface area contributed by atoms with Crippen molar-refractivity contribution in [2.24, 2.45) is 0 Å². The van der Waals surface area contributed by atoms with Crippen LogP contribution >= 0.6 is 11.6 Å². The number of halogens is 1. The molecule has 25 heavy (non-hydrogen) atoms. The van der Waals surface area contributed by atoms with Gasteiger partial charge < -0.3 is 15.0 Å². The molecule has 1 aliphatic carbocycles. The second-order valence-corrected chi connectivity index (χ2v) is 6.82. The number of hydrogen-bond donors (Lipinski definition) is 1. The summed E-state index contributed by atoms with van der Waals surface area (Å²) in [6, 6.07) is 5.24. The monoisotopic (exact) mass is 367 g/mol. The van der Waals surface area contributed by atoms with Crippen LogP contribution in [0.1, 0.15) is 32.1 Å². The van der Waals surface area contributed by atoms with Crippen molar-refractivity contribution >= 4 is 28.9 Å². The van der Waals surface area contributed by atoms with Gasteiger partial charge in [0.25, 0.3) is 5.69 Å². The van der Waals surface area contributed by atoms with Crippen LogP contribution in [0, 0.1) is 10.1 Å². The van der Waals surface area contributed by atoms with E-state index in [1.807, 2.05) is 0 Å². The highest BCUT2D eigenvalue weighted by atomic mass is 35.5. The molecule has 3 rings (SSSR count). The Morgan fingerprint density at radius 3 is 2.60 bits per heavy atom. The second kappa shape index (κ2) is 8.01. The first-order chi connectivity index (χ1) is 12.1. The largest absolute Gasteiger partial charge is 0.490 e. The van der Waals surface area contributed by atoms with Gasteiger partial charge in [0.15, 0.2) is 0 Å². The summed E-state index contributed by atoms with van der Waals surface area (Å²) in [4.78, 5) is 24.6. The fourth-order valence-electron chi connectivity index (χ4n) is 3.33. The third-order valence-corrected chi connectivity index (χ3v) is 5.17. The van der Waals surface area contributed by atoms with Gasteiger partial charge in [-0.25, -0.2) is 0 Å². The minimum atomic E-state index is -0.532. The fraction of sp³-hybridized carbons (Fsp3) is 0.588. The number of ether oxygens (including phenoxy) is 1.